The van der Waals surface area contributed by atoms with Crippen LogP contribution in [-0.2, 0) is 20.7 Å². The summed E-state index contributed by atoms with van der Waals surface area (Å²) in [6, 6.07) is 6.60. The van der Waals surface area contributed by atoms with E-state index in [0.29, 0.717) is 37.1 Å². The van der Waals surface area contributed by atoms with Crippen molar-refractivity contribution in [3.63, 3.8) is 0 Å². The van der Waals surface area contributed by atoms with Crippen molar-refractivity contribution in [2.45, 2.75) is 102 Å². The Morgan fingerprint density at radius 2 is 1.73 bits per heavy atom. The minimum absolute atomic E-state index is 0.0135. The Bertz CT molecular complexity index is 1080. The average molecular weight is 574 g/mol. The maximum absolute atomic E-state index is 13.9. The van der Waals surface area contributed by atoms with Crippen LogP contribution in [0.2, 0.25) is 5.02 Å². The third kappa shape index (κ3) is 6.53. The number of halogens is 1. The third-order valence-corrected chi connectivity index (χ3v) is 9.69. The lowest BCUT2D eigenvalue weighted by atomic mass is 9.63. The second-order valence-corrected chi connectivity index (χ2v) is 13.9. The topological polar surface area (TPSA) is 88.2 Å². The van der Waals surface area contributed by atoms with Crippen molar-refractivity contribution in [2.24, 2.45) is 11.3 Å². The molecular formula is C31H44ClN3O5. The van der Waals surface area contributed by atoms with Crippen LogP contribution in [0.4, 0.5) is 9.59 Å². The van der Waals surface area contributed by atoms with E-state index in [1.54, 1.807) is 32.9 Å². The van der Waals surface area contributed by atoms with Crippen molar-refractivity contribution < 1.29 is 23.9 Å². The largest absolute Gasteiger partial charge is 0.447 e. The SMILES string of the molecule is CC(C)(C)OC(=O)NC(Cc1ccc(Cl)cc1)C(=O)N1CCC(CN2C(=O)OCC23CC3)(C2CCCCC2)CC1. The lowest BCUT2D eigenvalue weighted by Crippen LogP contribution is -2.57. The zero-order chi connectivity index (χ0) is 28.5. The number of amides is 3. The van der Waals surface area contributed by atoms with E-state index < -0.39 is 17.7 Å². The van der Waals surface area contributed by atoms with Crippen LogP contribution in [0.3, 0.4) is 0 Å². The summed E-state index contributed by atoms with van der Waals surface area (Å²) < 4.78 is 11.0. The first-order valence-corrected chi connectivity index (χ1v) is 15.3. The quantitative estimate of drug-likeness (QED) is 0.435. The minimum Gasteiger partial charge on any atom is -0.447 e. The van der Waals surface area contributed by atoms with E-state index in [4.69, 9.17) is 21.1 Å². The number of alkyl carbamates (subject to hydrolysis) is 1. The highest BCUT2D eigenvalue weighted by atomic mass is 35.5. The van der Waals surface area contributed by atoms with Gasteiger partial charge in [0.1, 0.15) is 18.2 Å². The molecule has 1 aromatic carbocycles. The highest BCUT2D eigenvalue weighted by molar-refractivity contribution is 6.30. The summed E-state index contributed by atoms with van der Waals surface area (Å²) in [7, 11) is 0. The second kappa shape index (κ2) is 11.4. The standard InChI is InChI=1S/C31H44ClN3O5/c1-29(2,3)40-27(37)33-25(19-22-9-11-24(32)12-10-22)26(36)34-17-15-30(16-18-34,23-7-5-4-6-8-23)20-35-28(38)39-21-31(35)13-14-31/h9-12,23,25H,4-8,13-21H2,1-3H3,(H,33,37). The normalized spacial score (nSPS) is 23.1. The number of carbonyl (C=O) groups is 3. The average Bonchev–Trinajstić information content (AvgIpc) is 3.65. The zero-order valence-electron chi connectivity index (χ0n) is 24.2. The molecule has 1 atom stereocenters. The molecule has 8 nitrogen and oxygen atoms in total. The molecule has 1 unspecified atom stereocenters. The van der Waals surface area contributed by atoms with E-state index in [-0.39, 0.29) is 23.0 Å². The summed E-state index contributed by atoms with van der Waals surface area (Å²) in [4.78, 5) is 43.3. The van der Waals surface area contributed by atoms with Gasteiger partial charge in [-0.05, 0) is 88.3 Å². The van der Waals surface area contributed by atoms with Crippen LogP contribution < -0.4 is 5.32 Å². The van der Waals surface area contributed by atoms with Crippen LogP contribution >= 0.6 is 11.6 Å². The Hall–Kier alpha value is -2.48. The molecule has 4 aliphatic rings. The summed E-state index contributed by atoms with van der Waals surface area (Å²) in [6.07, 6.45) is 9.42. The Morgan fingerprint density at radius 1 is 1.07 bits per heavy atom. The van der Waals surface area contributed by atoms with E-state index in [9.17, 15) is 14.4 Å². The first-order chi connectivity index (χ1) is 19.0. The van der Waals surface area contributed by atoms with Crippen LogP contribution in [0.5, 0.6) is 0 Å². The number of benzene rings is 1. The lowest BCUT2D eigenvalue weighted by molar-refractivity contribution is -0.137. The molecule has 2 aliphatic carbocycles. The van der Waals surface area contributed by atoms with Crippen LogP contribution in [0.25, 0.3) is 0 Å². The van der Waals surface area contributed by atoms with Crippen molar-refractivity contribution in [1.29, 1.82) is 0 Å². The highest BCUT2D eigenvalue weighted by Gasteiger charge is 2.59. The second-order valence-electron chi connectivity index (χ2n) is 13.4. The number of likely N-dealkylation sites (tertiary alicyclic amines) is 1. The molecule has 220 valence electrons. The van der Waals surface area contributed by atoms with Crippen molar-refractivity contribution in [2.75, 3.05) is 26.2 Å². The van der Waals surface area contributed by atoms with Gasteiger partial charge in [-0.2, -0.15) is 0 Å². The first kappa shape index (κ1) is 29.0. The number of nitrogens with zero attached hydrogens (tertiary/aromatic N) is 2. The Morgan fingerprint density at radius 3 is 2.33 bits per heavy atom. The molecule has 4 fully saturated rings. The predicted octanol–water partition coefficient (Wildman–Crippen LogP) is 5.95. The summed E-state index contributed by atoms with van der Waals surface area (Å²) in [5.74, 6) is 0.449. The van der Waals surface area contributed by atoms with Gasteiger partial charge in [0.2, 0.25) is 5.91 Å². The molecule has 0 radical (unpaired) electrons. The summed E-state index contributed by atoms with van der Waals surface area (Å²) in [5.41, 5.74) is 0.139. The Balaban J connectivity index is 1.31. The van der Waals surface area contributed by atoms with E-state index >= 15 is 0 Å². The number of carbonyl (C=O) groups excluding carboxylic acids is 3. The predicted molar refractivity (Wildman–Crippen MR) is 153 cm³/mol. The van der Waals surface area contributed by atoms with Gasteiger partial charge in [0.25, 0.3) is 0 Å². The number of nitrogens with one attached hydrogen (secondary N) is 1. The van der Waals surface area contributed by atoms with Crippen molar-refractivity contribution in [1.82, 2.24) is 15.1 Å². The van der Waals surface area contributed by atoms with Crippen LogP contribution in [0.15, 0.2) is 24.3 Å². The Labute approximate surface area is 243 Å². The molecular weight excluding hydrogens is 530 g/mol. The Kier molecular flexibility index (Phi) is 8.29. The van der Waals surface area contributed by atoms with E-state index in [1.165, 1.54) is 32.1 Å². The number of piperidine rings is 1. The smallest absolute Gasteiger partial charge is 0.410 e. The van der Waals surface area contributed by atoms with Crippen molar-refractivity contribution in [3.8, 4) is 0 Å². The molecule has 1 aromatic rings. The maximum atomic E-state index is 13.9. The highest BCUT2D eigenvalue weighted by Crippen LogP contribution is 2.52. The van der Waals surface area contributed by atoms with Gasteiger partial charge in [-0.3, -0.25) is 9.69 Å². The van der Waals surface area contributed by atoms with Gasteiger partial charge in [0, 0.05) is 31.1 Å². The van der Waals surface area contributed by atoms with Gasteiger partial charge < -0.3 is 19.7 Å². The molecule has 1 N–H and O–H groups in total. The summed E-state index contributed by atoms with van der Waals surface area (Å²) in [5, 5.41) is 3.47. The molecule has 5 rings (SSSR count). The number of hydrogen-bond acceptors (Lipinski definition) is 5. The van der Waals surface area contributed by atoms with E-state index in [2.05, 4.69) is 5.32 Å². The molecule has 0 bridgehead atoms. The van der Waals surface area contributed by atoms with E-state index in [1.807, 2.05) is 21.9 Å². The fourth-order valence-electron chi connectivity index (χ4n) is 6.96. The van der Waals surface area contributed by atoms with E-state index in [0.717, 1.165) is 37.8 Å². The summed E-state index contributed by atoms with van der Waals surface area (Å²) >= 11 is 6.07. The van der Waals surface area contributed by atoms with Gasteiger partial charge >= 0.3 is 12.2 Å². The number of hydrogen-bond donors (Lipinski definition) is 1. The molecule has 1 spiro atoms. The summed E-state index contributed by atoms with van der Waals surface area (Å²) in [6.45, 7) is 7.87. The zero-order valence-corrected chi connectivity index (χ0v) is 24.9. The monoisotopic (exact) mass is 573 g/mol. The van der Waals surface area contributed by atoms with Gasteiger partial charge in [0.15, 0.2) is 0 Å². The molecule has 40 heavy (non-hydrogen) atoms. The maximum Gasteiger partial charge on any atom is 0.410 e. The lowest BCUT2D eigenvalue weighted by Gasteiger charge is -2.50. The number of rotatable bonds is 7. The molecule has 9 heteroatoms. The van der Waals surface area contributed by atoms with Gasteiger partial charge in [0.05, 0.1) is 5.54 Å². The molecule has 2 saturated heterocycles. The van der Waals surface area contributed by atoms with Crippen molar-refractivity contribution >= 4 is 29.7 Å². The van der Waals surface area contributed by atoms with Crippen LogP contribution in [0.1, 0.15) is 84.1 Å². The van der Waals surface area contributed by atoms with Crippen LogP contribution in [-0.4, -0.2) is 71.3 Å². The first-order valence-electron chi connectivity index (χ1n) is 15.0. The molecule has 2 saturated carbocycles. The van der Waals surface area contributed by atoms with Gasteiger partial charge in [-0.15, -0.1) is 0 Å². The third-order valence-electron chi connectivity index (χ3n) is 9.44. The minimum atomic E-state index is -0.749. The fourth-order valence-corrected chi connectivity index (χ4v) is 7.09. The van der Waals surface area contributed by atoms with Crippen LogP contribution in [0, 0.1) is 11.3 Å². The van der Waals surface area contributed by atoms with Gasteiger partial charge in [-0.1, -0.05) is 43.0 Å². The van der Waals surface area contributed by atoms with Gasteiger partial charge in [-0.25, -0.2) is 9.59 Å². The van der Waals surface area contributed by atoms with Crippen molar-refractivity contribution in [3.05, 3.63) is 34.9 Å². The molecule has 3 amide bonds. The molecule has 0 aromatic heterocycles. The molecule has 2 aliphatic heterocycles. The fraction of sp³-hybridized carbons (Fsp3) is 0.710. The molecule has 2 heterocycles. The number of ether oxygens (including phenoxy) is 2. The number of cyclic esters (lactones) is 1.